The number of benzene rings is 2. The molecule has 8 heteroatoms. The average molecular weight is 416 g/mol. The highest BCUT2D eigenvalue weighted by Crippen LogP contribution is 2.32. The number of carbonyl (C=O) groups is 1. The van der Waals surface area contributed by atoms with Crippen molar-refractivity contribution in [3.8, 4) is 5.75 Å². The first-order valence-corrected chi connectivity index (χ1v) is 11.2. The van der Waals surface area contributed by atoms with E-state index >= 15 is 0 Å². The molecule has 0 spiro atoms. The maximum absolute atomic E-state index is 13.0. The van der Waals surface area contributed by atoms with Crippen LogP contribution in [0.25, 0.3) is 0 Å². The number of carbonyl (C=O) groups excluding carboxylic acids is 1. The SMILES string of the molecule is O=C(COc1ccc(S(=O)(=O)N2CCc3ccccc32)cc1)NC[C@@H]1CCCO1. The number of nitrogens with zero attached hydrogens (tertiary/aromatic N) is 1. The molecule has 2 aromatic carbocycles. The minimum absolute atomic E-state index is 0.0826. The lowest BCUT2D eigenvalue weighted by molar-refractivity contribution is -0.123. The molecule has 1 saturated heterocycles. The molecule has 154 valence electrons. The number of sulfonamides is 1. The van der Waals surface area contributed by atoms with Crippen LogP contribution < -0.4 is 14.4 Å². The minimum Gasteiger partial charge on any atom is -0.484 e. The number of nitrogens with one attached hydrogen (secondary N) is 1. The molecule has 1 amide bonds. The number of hydrogen-bond acceptors (Lipinski definition) is 5. The Morgan fingerprint density at radius 3 is 2.72 bits per heavy atom. The highest BCUT2D eigenvalue weighted by Gasteiger charge is 2.30. The van der Waals surface area contributed by atoms with E-state index in [9.17, 15) is 13.2 Å². The first kappa shape index (κ1) is 19.7. The van der Waals surface area contributed by atoms with Gasteiger partial charge in [-0.3, -0.25) is 9.10 Å². The fraction of sp³-hybridized carbons (Fsp3) is 0.381. The van der Waals surface area contributed by atoms with E-state index in [0.29, 0.717) is 25.3 Å². The van der Waals surface area contributed by atoms with Crippen LogP contribution in [0.2, 0.25) is 0 Å². The maximum atomic E-state index is 13.0. The number of amides is 1. The summed E-state index contributed by atoms with van der Waals surface area (Å²) in [5.74, 6) is 0.212. The lowest BCUT2D eigenvalue weighted by Gasteiger charge is -2.19. The third-order valence-electron chi connectivity index (χ3n) is 5.18. The van der Waals surface area contributed by atoms with E-state index < -0.39 is 10.0 Å². The van der Waals surface area contributed by atoms with Crippen LogP contribution >= 0.6 is 0 Å². The van der Waals surface area contributed by atoms with Crippen molar-refractivity contribution in [1.29, 1.82) is 0 Å². The molecule has 29 heavy (non-hydrogen) atoms. The number of anilines is 1. The van der Waals surface area contributed by atoms with Crippen LogP contribution in [0, 0.1) is 0 Å². The smallest absolute Gasteiger partial charge is 0.264 e. The molecule has 7 nitrogen and oxygen atoms in total. The van der Waals surface area contributed by atoms with Gasteiger partial charge >= 0.3 is 0 Å². The number of rotatable bonds is 7. The van der Waals surface area contributed by atoms with Crippen molar-refractivity contribution < 1.29 is 22.7 Å². The van der Waals surface area contributed by atoms with Crippen molar-refractivity contribution >= 4 is 21.6 Å². The Bertz CT molecular complexity index is 969. The van der Waals surface area contributed by atoms with Gasteiger partial charge in [0.05, 0.1) is 16.7 Å². The second-order valence-electron chi connectivity index (χ2n) is 7.16. The summed E-state index contributed by atoms with van der Waals surface area (Å²) in [5, 5.41) is 2.79. The van der Waals surface area contributed by atoms with Gasteiger partial charge in [-0.15, -0.1) is 0 Å². The topological polar surface area (TPSA) is 84.9 Å². The van der Waals surface area contributed by atoms with Gasteiger partial charge in [0.2, 0.25) is 0 Å². The zero-order valence-corrected chi connectivity index (χ0v) is 16.9. The van der Waals surface area contributed by atoms with Gasteiger partial charge < -0.3 is 14.8 Å². The molecule has 0 unspecified atom stereocenters. The molecule has 2 heterocycles. The lowest BCUT2D eigenvalue weighted by Crippen LogP contribution is -2.35. The summed E-state index contributed by atoms with van der Waals surface area (Å²) >= 11 is 0. The molecule has 0 aromatic heterocycles. The molecule has 0 aliphatic carbocycles. The lowest BCUT2D eigenvalue weighted by atomic mass is 10.2. The van der Waals surface area contributed by atoms with Crippen molar-refractivity contribution in [3.05, 3.63) is 54.1 Å². The summed E-state index contributed by atoms with van der Waals surface area (Å²) in [6.45, 7) is 1.54. The van der Waals surface area contributed by atoms with Gasteiger partial charge in [0.1, 0.15) is 5.75 Å². The first-order valence-electron chi connectivity index (χ1n) is 9.76. The fourth-order valence-corrected chi connectivity index (χ4v) is 5.13. The predicted octanol–water partition coefficient (Wildman–Crippen LogP) is 2.11. The van der Waals surface area contributed by atoms with E-state index in [4.69, 9.17) is 9.47 Å². The Morgan fingerprint density at radius 1 is 1.17 bits per heavy atom. The Kier molecular flexibility index (Phi) is 5.73. The predicted molar refractivity (Wildman–Crippen MR) is 109 cm³/mol. The van der Waals surface area contributed by atoms with Crippen LogP contribution in [0.3, 0.4) is 0 Å². The molecule has 1 fully saturated rings. The number of fused-ring (bicyclic) bond motifs is 1. The van der Waals surface area contributed by atoms with Crippen LogP contribution in [0.15, 0.2) is 53.4 Å². The molecular formula is C21H24N2O5S. The summed E-state index contributed by atoms with van der Waals surface area (Å²) in [4.78, 5) is 12.1. The summed E-state index contributed by atoms with van der Waals surface area (Å²) in [6, 6.07) is 13.7. The highest BCUT2D eigenvalue weighted by atomic mass is 32.2. The molecule has 2 aliphatic rings. The minimum atomic E-state index is -3.63. The summed E-state index contributed by atoms with van der Waals surface area (Å²) in [7, 11) is -3.63. The third-order valence-corrected chi connectivity index (χ3v) is 7.00. The second kappa shape index (κ2) is 8.42. The maximum Gasteiger partial charge on any atom is 0.264 e. The Balaban J connectivity index is 1.34. The van der Waals surface area contributed by atoms with Gasteiger partial charge in [0, 0.05) is 19.7 Å². The molecule has 0 radical (unpaired) electrons. The molecule has 1 N–H and O–H groups in total. The van der Waals surface area contributed by atoms with Crippen molar-refractivity contribution in [1.82, 2.24) is 5.32 Å². The zero-order valence-electron chi connectivity index (χ0n) is 16.0. The fourth-order valence-electron chi connectivity index (χ4n) is 3.63. The van der Waals surface area contributed by atoms with E-state index in [1.807, 2.05) is 24.3 Å². The van der Waals surface area contributed by atoms with Crippen molar-refractivity contribution in [2.45, 2.75) is 30.3 Å². The van der Waals surface area contributed by atoms with Gasteiger partial charge in [0.25, 0.3) is 15.9 Å². The second-order valence-corrected chi connectivity index (χ2v) is 9.02. The molecule has 4 rings (SSSR count). The third kappa shape index (κ3) is 4.38. The van der Waals surface area contributed by atoms with Crippen molar-refractivity contribution in [2.75, 3.05) is 30.6 Å². The highest BCUT2D eigenvalue weighted by molar-refractivity contribution is 7.92. The van der Waals surface area contributed by atoms with Crippen LogP contribution in [-0.4, -0.2) is 46.7 Å². The van der Waals surface area contributed by atoms with Gasteiger partial charge in [-0.25, -0.2) is 8.42 Å². The van der Waals surface area contributed by atoms with Crippen LogP contribution in [0.1, 0.15) is 18.4 Å². The molecule has 2 aromatic rings. The molecule has 1 atom stereocenters. The summed E-state index contributed by atoms with van der Waals surface area (Å²) < 4.78 is 38.4. The van der Waals surface area contributed by atoms with Crippen LogP contribution in [0.5, 0.6) is 5.75 Å². The van der Waals surface area contributed by atoms with Gasteiger partial charge in [-0.1, -0.05) is 18.2 Å². The van der Waals surface area contributed by atoms with Crippen LogP contribution in [-0.2, 0) is 26.0 Å². The molecule has 2 aliphatic heterocycles. The summed E-state index contributed by atoms with van der Waals surface area (Å²) in [6.07, 6.45) is 2.77. The Morgan fingerprint density at radius 2 is 1.97 bits per heavy atom. The van der Waals surface area contributed by atoms with Crippen molar-refractivity contribution in [2.24, 2.45) is 0 Å². The van der Waals surface area contributed by atoms with E-state index in [0.717, 1.165) is 30.7 Å². The number of hydrogen-bond donors (Lipinski definition) is 1. The zero-order chi connectivity index (χ0) is 20.3. The molecule has 0 bridgehead atoms. The van der Waals surface area contributed by atoms with Gasteiger partial charge in [-0.2, -0.15) is 0 Å². The Hall–Kier alpha value is -2.58. The molecular weight excluding hydrogens is 392 g/mol. The summed E-state index contributed by atoms with van der Waals surface area (Å²) in [5.41, 5.74) is 1.76. The van der Waals surface area contributed by atoms with E-state index in [2.05, 4.69) is 5.32 Å². The van der Waals surface area contributed by atoms with Crippen molar-refractivity contribution in [3.63, 3.8) is 0 Å². The van der Waals surface area contributed by atoms with Gasteiger partial charge in [-0.05, 0) is 55.2 Å². The Labute approximate surface area is 170 Å². The quantitative estimate of drug-likeness (QED) is 0.747. The normalized spacial score (nSPS) is 18.5. The monoisotopic (exact) mass is 416 g/mol. The molecule has 0 saturated carbocycles. The number of ether oxygens (including phenoxy) is 2. The average Bonchev–Trinajstić information content (AvgIpc) is 3.41. The van der Waals surface area contributed by atoms with E-state index in [1.54, 1.807) is 12.1 Å². The largest absolute Gasteiger partial charge is 0.484 e. The number of para-hydroxylation sites is 1. The van der Waals surface area contributed by atoms with Gasteiger partial charge in [0.15, 0.2) is 6.61 Å². The van der Waals surface area contributed by atoms with E-state index in [1.165, 1.54) is 16.4 Å². The first-order chi connectivity index (χ1) is 14.0. The standard InChI is InChI=1S/C21H24N2O5S/c24-21(22-14-18-5-3-13-27-18)15-28-17-7-9-19(10-8-17)29(25,26)23-12-11-16-4-1-2-6-20(16)23/h1-2,4,6-10,18H,3,5,11-15H2,(H,22,24)/t18-/m0/s1. The van der Waals surface area contributed by atoms with Crippen LogP contribution in [0.4, 0.5) is 5.69 Å². The van der Waals surface area contributed by atoms with E-state index in [-0.39, 0.29) is 23.5 Å².